The summed E-state index contributed by atoms with van der Waals surface area (Å²) in [5, 5.41) is 0. The van der Waals surface area contributed by atoms with Crippen LogP contribution >= 0.6 is 0 Å². The summed E-state index contributed by atoms with van der Waals surface area (Å²) < 4.78 is 0. The van der Waals surface area contributed by atoms with Crippen LogP contribution in [0.25, 0.3) is 55.6 Å². The summed E-state index contributed by atoms with van der Waals surface area (Å²) >= 11 is 0. The van der Waals surface area contributed by atoms with Crippen molar-refractivity contribution in [3.63, 3.8) is 0 Å². The lowest BCUT2D eigenvalue weighted by atomic mass is 9.69. The fourth-order valence-electron chi connectivity index (χ4n) is 10.9. The Bertz CT molecular complexity index is 3070. The van der Waals surface area contributed by atoms with E-state index in [1.165, 1.54) is 94.7 Å². The van der Waals surface area contributed by atoms with E-state index < -0.39 is 5.41 Å². The molecule has 0 unspecified atom stereocenters. The molecule has 0 fully saturated rings. The molecule has 3 aliphatic rings. The molecule has 0 aromatic heterocycles. The number of rotatable bonds is 6. The molecule has 0 saturated carbocycles. The van der Waals surface area contributed by atoms with Crippen LogP contribution in [0, 0.1) is 0 Å². The smallest absolute Gasteiger partial charge is 0.0745 e. The number of hydrogen-bond acceptors (Lipinski definition) is 1. The Morgan fingerprint density at radius 2 is 0.814 bits per heavy atom. The molecule has 0 heterocycles. The normalized spacial score (nSPS) is 14.2. The van der Waals surface area contributed by atoms with Crippen LogP contribution in [0.5, 0.6) is 0 Å². The molecule has 0 radical (unpaired) electrons. The molecule has 0 atom stereocenters. The molecule has 0 spiro atoms. The lowest BCUT2D eigenvalue weighted by Crippen LogP contribution is -2.29. The van der Waals surface area contributed by atoms with Crippen LogP contribution in [-0.2, 0) is 10.8 Å². The Hall–Kier alpha value is -7.22. The summed E-state index contributed by atoms with van der Waals surface area (Å²) in [7, 11) is 0. The topological polar surface area (TPSA) is 3.24 Å². The Kier molecular flexibility index (Phi) is 7.26. The quantitative estimate of drug-likeness (QED) is 0.164. The third-order valence-electron chi connectivity index (χ3n) is 13.5. The van der Waals surface area contributed by atoms with Gasteiger partial charge in [0.25, 0.3) is 0 Å². The first kappa shape index (κ1) is 33.9. The number of hydrogen-bond donors (Lipinski definition) is 0. The highest BCUT2D eigenvalue weighted by atomic mass is 15.1. The average Bonchev–Trinajstić information content (AvgIpc) is 3.86. The van der Waals surface area contributed by atoms with Crippen LogP contribution in [0.2, 0.25) is 0 Å². The van der Waals surface area contributed by atoms with Crippen molar-refractivity contribution in [2.75, 3.05) is 4.90 Å². The second-order valence-corrected chi connectivity index (χ2v) is 16.8. The number of para-hydroxylation sites is 1. The van der Waals surface area contributed by atoms with E-state index in [9.17, 15) is 0 Å². The molecule has 59 heavy (non-hydrogen) atoms. The van der Waals surface area contributed by atoms with Gasteiger partial charge in [-0.25, -0.2) is 0 Å². The number of fused-ring (bicyclic) bond motifs is 9. The largest absolute Gasteiger partial charge is 0.310 e. The van der Waals surface area contributed by atoms with E-state index in [4.69, 9.17) is 0 Å². The van der Waals surface area contributed by atoms with Crippen LogP contribution in [0.3, 0.4) is 0 Å². The highest BCUT2D eigenvalue weighted by molar-refractivity contribution is 6.01. The van der Waals surface area contributed by atoms with Gasteiger partial charge < -0.3 is 4.90 Å². The van der Waals surface area contributed by atoms with Crippen molar-refractivity contribution >= 4 is 17.1 Å². The molecule has 1 heteroatoms. The molecule has 278 valence electrons. The van der Waals surface area contributed by atoms with Gasteiger partial charge in [-0.2, -0.15) is 0 Å². The number of nitrogens with zero attached hydrogens (tertiary/aromatic N) is 1. The van der Waals surface area contributed by atoms with Gasteiger partial charge in [0.05, 0.1) is 16.8 Å². The first-order valence-electron chi connectivity index (χ1n) is 20.8. The van der Waals surface area contributed by atoms with Crippen LogP contribution in [0.15, 0.2) is 212 Å². The zero-order valence-electron chi connectivity index (χ0n) is 33.2. The third kappa shape index (κ3) is 4.67. The van der Waals surface area contributed by atoms with Crippen LogP contribution < -0.4 is 4.90 Å². The SMILES string of the molecule is CC1(C)c2ccccc2-c2ccc(N(c3ccc(-c4ccccc4)cc3-c3ccccc3)c3ccccc3C34c5ccccc5-c5cccc(c53)-c3ccccc34)cc21. The van der Waals surface area contributed by atoms with Gasteiger partial charge in [0.15, 0.2) is 0 Å². The standard InChI is InChI=1S/C58H41N/c1-57(2)49-27-12-9-22-42(49)45-34-33-41(37-53(45)57)59(54-35-32-40(38-18-5-3-6-19-38)36-48(54)39-20-7-4-8-21-39)55-31-16-15-30-52(55)58-50-28-13-10-23-43(50)46-25-17-26-47(56(46)58)44-24-11-14-29-51(44)58/h3-37H,1-2H3. The van der Waals surface area contributed by atoms with Crippen molar-refractivity contribution in [2.45, 2.75) is 24.7 Å². The van der Waals surface area contributed by atoms with Gasteiger partial charge in [0, 0.05) is 16.7 Å². The van der Waals surface area contributed by atoms with E-state index in [0.29, 0.717) is 0 Å². The summed E-state index contributed by atoms with van der Waals surface area (Å²) in [6, 6.07) is 79.3. The number of anilines is 3. The van der Waals surface area contributed by atoms with E-state index >= 15 is 0 Å². The lowest BCUT2D eigenvalue weighted by molar-refractivity contribution is 0.660. The molecular formula is C58H41N. The fraction of sp³-hybridized carbons (Fsp3) is 0.0690. The monoisotopic (exact) mass is 751 g/mol. The van der Waals surface area contributed by atoms with E-state index in [0.717, 1.165) is 11.4 Å². The van der Waals surface area contributed by atoms with Crippen molar-refractivity contribution in [1.29, 1.82) is 0 Å². The predicted molar refractivity (Wildman–Crippen MR) is 246 cm³/mol. The summed E-state index contributed by atoms with van der Waals surface area (Å²) in [4.78, 5) is 2.57. The zero-order valence-corrected chi connectivity index (χ0v) is 33.2. The maximum absolute atomic E-state index is 2.57. The van der Waals surface area contributed by atoms with Crippen molar-refractivity contribution in [1.82, 2.24) is 0 Å². The molecule has 12 rings (SSSR count). The molecule has 0 N–H and O–H groups in total. The van der Waals surface area contributed by atoms with Gasteiger partial charge >= 0.3 is 0 Å². The fourth-order valence-corrected chi connectivity index (χ4v) is 10.9. The predicted octanol–water partition coefficient (Wildman–Crippen LogP) is 15.1. The Labute approximate surface area is 346 Å². The van der Waals surface area contributed by atoms with Crippen LogP contribution in [0.4, 0.5) is 17.1 Å². The van der Waals surface area contributed by atoms with Crippen molar-refractivity contribution in [2.24, 2.45) is 0 Å². The minimum absolute atomic E-state index is 0.159. The summed E-state index contributed by atoms with van der Waals surface area (Å²) in [5.74, 6) is 0. The van der Waals surface area contributed by atoms with E-state index in [-0.39, 0.29) is 5.41 Å². The maximum Gasteiger partial charge on any atom is 0.0745 e. The molecule has 0 amide bonds. The van der Waals surface area contributed by atoms with Gasteiger partial charge in [0.1, 0.15) is 0 Å². The van der Waals surface area contributed by atoms with Gasteiger partial charge in [-0.15, -0.1) is 0 Å². The van der Waals surface area contributed by atoms with Crippen LogP contribution in [-0.4, -0.2) is 0 Å². The molecule has 1 nitrogen and oxygen atoms in total. The minimum atomic E-state index is -0.517. The maximum atomic E-state index is 2.57. The summed E-state index contributed by atoms with van der Waals surface area (Å²) in [6.07, 6.45) is 0. The average molecular weight is 752 g/mol. The zero-order chi connectivity index (χ0) is 39.3. The number of benzene rings is 9. The summed E-state index contributed by atoms with van der Waals surface area (Å²) in [5.41, 5.74) is 23.5. The van der Waals surface area contributed by atoms with Crippen molar-refractivity contribution < 1.29 is 0 Å². The minimum Gasteiger partial charge on any atom is -0.310 e. The summed E-state index contributed by atoms with van der Waals surface area (Å²) in [6.45, 7) is 4.76. The van der Waals surface area contributed by atoms with Gasteiger partial charge in [-0.3, -0.25) is 0 Å². The first-order chi connectivity index (χ1) is 29.0. The molecule has 0 saturated heterocycles. The highest BCUT2D eigenvalue weighted by Crippen LogP contribution is 2.66. The molecule has 0 bridgehead atoms. The Morgan fingerprint density at radius 3 is 1.47 bits per heavy atom. The van der Waals surface area contributed by atoms with E-state index in [1.54, 1.807) is 0 Å². The van der Waals surface area contributed by atoms with Gasteiger partial charge in [0.2, 0.25) is 0 Å². The van der Waals surface area contributed by atoms with E-state index in [2.05, 4.69) is 231 Å². The lowest BCUT2D eigenvalue weighted by Gasteiger charge is -2.37. The molecule has 9 aromatic carbocycles. The van der Waals surface area contributed by atoms with Gasteiger partial charge in [-0.1, -0.05) is 196 Å². The van der Waals surface area contributed by atoms with Crippen molar-refractivity contribution in [3.05, 3.63) is 246 Å². The Balaban J connectivity index is 1.19. The first-order valence-corrected chi connectivity index (χ1v) is 20.8. The molecule has 0 aliphatic heterocycles. The van der Waals surface area contributed by atoms with Gasteiger partial charge in [-0.05, 0) is 114 Å². The van der Waals surface area contributed by atoms with Crippen LogP contribution in [0.1, 0.15) is 47.2 Å². The highest BCUT2D eigenvalue weighted by Gasteiger charge is 2.53. The molecule has 9 aromatic rings. The van der Waals surface area contributed by atoms with Crippen molar-refractivity contribution in [3.8, 4) is 55.6 Å². The van der Waals surface area contributed by atoms with E-state index in [1.807, 2.05) is 0 Å². The third-order valence-corrected chi connectivity index (χ3v) is 13.5. The Morgan fingerprint density at radius 1 is 0.305 bits per heavy atom. The molecule has 3 aliphatic carbocycles. The second-order valence-electron chi connectivity index (χ2n) is 16.8. The molecular weight excluding hydrogens is 711 g/mol. The second kappa shape index (κ2) is 12.6.